The van der Waals surface area contributed by atoms with Gasteiger partial charge < -0.3 is 5.32 Å². The van der Waals surface area contributed by atoms with Crippen LogP contribution in [0.25, 0.3) is 10.6 Å². The number of halogens is 1. The molecule has 0 fully saturated rings. The van der Waals surface area contributed by atoms with Crippen LogP contribution in [-0.2, 0) is 6.54 Å². The van der Waals surface area contributed by atoms with E-state index in [0.29, 0.717) is 12.5 Å². The molecule has 0 aliphatic heterocycles. The van der Waals surface area contributed by atoms with Crippen LogP contribution in [0.2, 0.25) is 0 Å². The Morgan fingerprint density at radius 1 is 1.26 bits per heavy atom. The first kappa shape index (κ1) is 14.1. The van der Waals surface area contributed by atoms with E-state index in [-0.39, 0.29) is 5.82 Å². The molecule has 0 atom stereocenters. The molecule has 0 aliphatic rings. The standard InChI is InChI=1S/C14H18FN3S/c1-9(2)7-16-8-13-17-18-14(19-13)11-4-10(3)5-12(15)6-11/h4-6,9,16H,7-8H2,1-3H3. The second-order valence-electron chi connectivity index (χ2n) is 5.04. The third-order valence-electron chi connectivity index (χ3n) is 2.58. The third kappa shape index (κ3) is 4.08. The average molecular weight is 279 g/mol. The Morgan fingerprint density at radius 2 is 2.05 bits per heavy atom. The van der Waals surface area contributed by atoms with Crippen molar-refractivity contribution in [1.82, 2.24) is 15.5 Å². The molecule has 0 aliphatic carbocycles. The molecule has 0 unspecified atom stereocenters. The van der Waals surface area contributed by atoms with Crippen LogP contribution in [0.15, 0.2) is 18.2 Å². The topological polar surface area (TPSA) is 37.8 Å². The molecule has 3 nitrogen and oxygen atoms in total. The van der Waals surface area contributed by atoms with Crippen LogP contribution < -0.4 is 5.32 Å². The second kappa shape index (κ2) is 6.21. The van der Waals surface area contributed by atoms with Crippen molar-refractivity contribution in [3.63, 3.8) is 0 Å². The number of nitrogens with zero attached hydrogens (tertiary/aromatic N) is 2. The van der Waals surface area contributed by atoms with E-state index >= 15 is 0 Å². The summed E-state index contributed by atoms with van der Waals surface area (Å²) in [7, 11) is 0. The van der Waals surface area contributed by atoms with Crippen LogP contribution in [0, 0.1) is 18.7 Å². The van der Waals surface area contributed by atoms with Crippen LogP contribution in [0.1, 0.15) is 24.4 Å². The SMILES string of the molecule is Cc1cc(F)cc(-c2nnc(CNCC(C)C)s2)c1. The van der Waals surface area contributed by atoms with Gasteiger partial charge in [-0.25, -0.2) is 4.39 Å². The van der Waals surface area contributed by atoms with Crippen LogP contribution in [0.5, 0.6) is 0 Å². The van der Waals surface area contributed by atoms with Gasteiger partial charge in [-0.1, -0.05) is 25.2 Å². The summed E-state index contributed by atoms with van der Waals surface area (Å²) in [6.45, 7) is 7.86. The third-order valence-corrected chi connectivity index (χ3v) is 3.56. The number of hydrogen-bond acceptors (Lipinski definition) is 4. The molecule has 0 amide bonds. The first-order chi connectivity index (χ1) is 9.04. The molecule has 2 aromatic rings. The minimum absolute atomic E-state index is 0.232. The molecular formula is C14H18FN3S. The quantitative estimate of drug-likeness (QED) is 0.911. The summed E-state index contributed by atoms with van der Waals surface area (Å²) in [4.78, 5) is 0. The molecule has 0 spiro atoms. The number of nitrogens with one attached hydrogen (secondary N) is 1. The average Bonchev–Trinajstić information content (AvgIpc) is 2.76. The van der Waals surface area contributed by atoms with Crippen molar-refractivity contribution in [1.29, 1.82) is 0 Å². The van der Waals surface area contributed by atoms with E-state index in [1.165, 1.54) is 23.5 Å². The Hall–Kier alpha value is -1.33. The molecule has 0 saturated carbocycles. The lowest BCUT2D eigenvalue weighted by Crippen LogP contribution is -2.18. The van der Waals surface area contributed by atoms with Gasteiger partial charge in [0, 0.05) is 12.1 Å². The van der Waals surface area contributed by atoms with E-state index in [1.54, 1.807) is 0 Å². The van der Waals surface area contributed by atoms with Gasteiger partial charge in [0.05, 0.1) is 0 Å². The van der Waals surface area contributed by atoms with E-state index in [4.69, 9.17) is 0 Å². The Morgan fingerprint density at radius 3 is 2.74 bits per heavy atom. The highest BCUT2D eigenvalue weighted by Gasteiger charge is 2.08. The highest BCUT2D eigenvalue weighted by molar-refractivity contribution is 7.14. The Labute approximate surface area is 116 Å². The lowest BCUT2D eigenvalue weighted by Gasteiger charge is -2.04. The number of hydrogen-bond donors (Lipinski definition) is 1. The summed E-state index contributed by atoms with van der Waals surface area (Å²) < 4.78 is 13.4. The molecule has 1 aromatic heterocycles. The highest BCUT2D eigenvalue weighted by Crippen LogP contribution is 2.25. The minimum Gasteiger partial charge on any atom is -0.310 e. The Bertz CT molecular complexity index is 531. The van der Waals surface area contributed by atoms with Crippen molar-refractivity contribution < 1.29 is 4.39 Å². The number of benzene rings is 1. The van der Waals surface area contributed by atoms with Gasteiger partial charge in [-0.15, -0.1) is 10.2 Å². The largest absolute Gasteiger partial charge is 0.310 e. The van der Waals surface area contributed by atoms with Crippen molar-refractivity contribution in [2.45, 2.75) is 27.3 Å². The molecule has 1 aromatic carbocycles. The van der Waals surface area contributed by atoms with Gasteiger partial charge in [0.15, 0.2) is 0 Å². The zero-order valence-corrected chi connectivity index (χ0v) is 12.2. The summed E-state index contributed by atoms with van der Waals surface area (Å²) in [5, 5.41) is 13.3. The van der Waals surface area contributed by atoms with Crippen molar-refractivity contribution >= 4 is 11.3 Å². The summed E-state index contributed by atoms with van der Waals surface area (Å²) in [5.74, 6) is 0.378. The van der Waals surface area contributed by atoms with E-state index in [0.717, 1.165) is 27.7 Å². The van der Waals surface area contributed by atoms with Crippen molar-refractivity contribution in [3.8, 4) is 10.6 Å². The predicted octanol–water partition coefficient (Wildman–Crippen LogP) is 3.40. The van der Waals surface area contributed by atoms with Crippen molar-refractivity contribution in [2.24, 2.45) is 5.92 Å². The maximum atomic E-state index is 13.4. The van der Waals surface area contributed by atoms with Crippen LogP contribution in [-0.4, -0.2) is 16.7 Å². The van der Waals surface area contributed by atoms with Crippen LogP contribution >= 0.6 is 11.3 Å². The molecule has 0 saturated heterocycles. The van der Waals surface area contributed by atoms with Gasteiger partial charge in [0.1, 0.15) is 15.8 Å². The maximum Gasteiger partial charge on any atom is 0.147 e. The van der Waals surface area contributed by atoms with Gasteiger partial charge in [0.2, 0.25) is 0 Å². The summed E-state index contributed by atoms with van der Waals surface area (Å²) in [6.07, 6.45) is 0. The second-order valence-corrected chi connectivity index (χ2v) is 6.11. The minimum atomic E-state index is -0.232. The highest BCUT2D eigenvalue weighted by atomic mass is 32.1. The van der Waals surface area contributed by atoms with Crippen molar-refractivity contribution in [3.05, 3.63) is 34.6 Å². The summed E-state index contributed by atoms with van der Waals surface area (Å²) in [5.41, 5.74) is 1.69. The van der Waals surface area contributed by atoms with E-state index in [1.807, 2.05) is 13.0 Å². The summed E-state index contributed by atoms with van der Waals surface area (Å²) in [6, 6.07) is 4.93. The molecule has 102 valence electrons. The first-order valence-corrected chi connectivity index (χ1v) is 7.17. The molecule has 0 radical (unpaired) electrons. The lowest BCUT2D eigenvalue weighted by atomic mass is 10.1. The Kier molecular flexibility index (Phi) is 4.61. The van der Waals surface area contributed by atoms with Gasteiger partial charge in [-0.05, 0) is 43.1 Å². The van der Waals surface area contributed by atoms with Crippen molar-refractivity contribution in [2.75, 3.05) is 6.54 Å². The van der Waals surface area contributed by atoms with E-state index in [9.17, 15) is 4.39 Å². The molecule has 5 heteroatoms. The van der Waals surface area contributed by atoms with Gasteiger partial charge in [-0.2, -0.15) is 0 Å². The molecule has 2 rings (SSSR count). The zero-order valence-electron chi connectivity index (χ0n) is 11.4. The van der Waals surface area contributed by atoms with Gasteiger partial charge >= 0.3 is 0 Å². The number of rotatable bonds is 5. The summed E-state index contributed by atoms with van der Waals surface area (Å²) >= 11 is 1.50. The monoisotopic (exact) mass is 279 g/mol. The Balaban J connectivity index is 2.07. The first-order valence-electron chi connectivity index (χ1n) is 6.35. The van der Waals surface area contributed by atoms with Crippen LogP contribution in [0.4, 0.5) is 4.39 Å². The van der Waals surface area contributed by atoms with Crippen LogP contribution in [0.3, 0.4) is 0 Å². The lowest BCUT2D eigenvalue weighted by molar-refractivity contribution is 0.550. The van der Waals surface area contributed by atoms with E-state index < -0.39 is 0 Å². The fourth-order valence-corrected chi connectivity index (χ4v) is 2.57. The molecule has 1 heterocycles. The molecular weight excluding hydrogens is 261 g/mol. The number of aromatic nitrogens is 2. The molecule has 1 N–H and O–H groups in total. The smallest absolute Gasteiger partial charge is 0.147 e. The predicted molar refractivity (Wildman–Crippen MR) is 76.6 cm³/mol. The molecule has 0 bridgehead atoms. The molecule has 19 heavy (non-hydrogen) atoms. The maximum absolute atomic E-state index is 13.4. The van der Waals surface area contributed by atoms with Gasteiger partial charge in [0.25, 0.3) is 0 Å². The fourth-order valence-electron chi connectivity index (χ4n) is 1.77. The fraction of sp³-hybridized carbons (Fsp3) is 0.429. The number of aryl methyl sites for hydroxylation is 1. The van der Waals surface area contributed by atoms with Gasteiger partial charge in [-0.3, -0.25) is 0 Å². The zero-order chi connectivity index (χ0) is 13.8. The normalized spacial score (nSPS) is 11.2. The van der Waals surface area contributed by atoms with E-state index in [2.05, 4.69) is 29.4 Å².